The molecule has 12 heteroatoms. The fourth-order valence-electron chi connectivity index (χ4n) is 3.34. The van der Waals surface area contributed by atoms with Gasteiger partial charge in [0.05, 0.1) is 39.6 Å². The van der Waals surface area contributed by atoms with E-state index in [4.69, 9.17) is 42.6 Å². The average Bonchev–Trinajstić information content (AvgIpc) is 3.03. The van der Waals surface area contributed by atoms with E-state index in [2.05, 4.69) is 19.7 Å². The number of hydrogen-bond donors (Lipinski definition) is 0. The van der Waals surface area contributed by atoms with Crippen LogP contribution in [-0.4, -0.2) is 97.2 Å². The molecule has 0 N–H and O–H groups in total. The van der Waals surface area contributed by atoms with E-state index in [0.717, 1.165) is 29.0 Å². The summed E-state index contributed by atoms with van der Waals surface area (Å²) in [4.78, 5) is 33.2. The van der Waals surface area contributed by atoms with E-state index in [1.54, 1.807) is 12.1 Å². The van der Waals surface area contributed by atoms with Gasteiger partial charge in [-0.15, -0.1) is 0 Å². The van der Waals surface area contributed by atoms with Gasteiger partial charge >= 0.3 is 17.9 Å². The molecule has 0 saturated carbocycles. The third kappa shape index (κ3) is 14.4. The zero-order valence-electron chi connectivity index (χ0n) is 24.1. The zero-order chi connectivity index (χ0) is 31.1. The first-order valence-corrected chi connectivity index (χ1v) is 13.5. The van der Waals surface area contributed by atoms with Gasteiger partial charge in [0.25, 0.3) is 0 Å². The predicted octanol–water partition coefficient (Wildman–Crippen LogP) is 3.21. The Kier molecular flexibility index (Phi) is 17.3. The van der Waals surface area contributed by atoms with Gasteiger partial charge < -0.3 is 42.6 Å². The SMILES string of the molecule is C=CC(=O)OCCOCCOc1ccc2c(OCCOCCOC(=O)C=C)ccc(OCCOCCOC(=O)C=C)c2c1. The highest BCUT2D eigenvalue weighted by molar-refractivity contribution is 5.94. The molecule has 0 atom stereocenters. The van der Waals surface area contributed by atoms with Crippen LogP contribution in [-0.2, 0) is 42.8 Å². The molecule has 2 aromatic carbocycles. The van der Waals surface area contributed by atoms with Crippen molar-refractivity contribution in [1.82, 2.24) is 0 Å². The van der Waals surface area contributed by atoms with Crippen molar-refractivity contribution in [2.45, 2.75) is 0 Å². The van der Waals surface area contributed by atoms with Crippen LogP contribution in [0.1, 0.15) is 0 Å². The minimum absolute atomic E-state index is 0.119. The molecule has 0 fully saturated rings. The summed E-state index contributed by atoms with van der Waals surface area (Å²) in [5.41, 5.74) is 0. The number of ether oxygens (including phenoxy) is 9. The molecule has 0 spiro atoms. The highest BCUT2D eigenvalue weighted by Gasteiger charge is 2.11. The normalized spacial score (nSPS) is 10.4. The van der Waals surface area contributed by atoms with Gasteiger partial charge in [0.2, 0.25) is 0 Å². The van der Waals surface area contributed by atoms with Gasteiger partial charge in [0, 0.05) is 29.0 Å². The predicted molar refractivity (Wildman–Crippen MR) is 156 cm³/mol. The summed E-state index contributed by atoms with van der Waals surface area (Å²) >= 11 is 0. The molecule has 0 aromatic heterocycles. The molecule has 12 nitrogen and oxygen atoms in total. The van der Waals surface area contributed by atoms with Gasteiger partial charge in [-0.2, -0.15) is 0 Å². The molecule has 0 aliphatic rings. The Morgan fingerprint density at radius 1 is 0.488 bits per heavy atom. The van der Waals surface area contributed by atoms with Crippen LogP contribution in [0.4, 0.5) is 0 Å². The number of fused-ring (bicyclic) bond motifs is 1. The van der Waals surface area contributed by atoms with E-state index < -0.39 is 17.9 Å². The van der Waals surface area contributed by atoms with Crippen LogP contribution in [0.2, 0.25) is 0 Å². The maximum Gasteiger partial charge on any atom is 0.330 e. The molecular weight excluding hydrogens is 564 g/mol. The van der Waals surface area contributed by atoms with E-state index in [0.29, 0.717) is 30.5 Å². The Hall–Kier alpha value is -4.39. The van der Waals surface area contributed by atoms with Crippen molar-refractivity contribution in [3.63, 3.8) is 0 Å². The van der Waals surface area contributed by atoms with Gasteiger partial charge in [-0.25, -0.2) is 14.4 Å². The molecule has 0 aliphatic carbocycles. The number of hydrogen-bond acceptors (Lipinski definition) is 12. The first-order chi connectivity index (χ1) is 21.0. The number of benzene rings is 2. The second-order valence-corrected chi connectivity index (χ2v) is 8.27. The van der Waals surface area contributed by atoms with E-state index in [9.17, 15) is 14.4 Å². The fourth-order valence-corrected chi connectivity index (χ4v) is 3.34. The van der Waals surface area contributed by atoms with Crippen LogP contribution >= 0.6 is 0 Å². The number of carbonyl (C=O) groups is 3. The molecule has 0 bridgehead atoms. The van der Waals surface area contributed by atoms with Crippen molar-refractivity contribution in [3.8, 4) is 17.2 Å². The molecule has 0 unspecified atom stereocenters. The van der Waals surface area contributed by atoms with Crippen molar-refractivity contribution in [2.24, 2.45) is 0 Å². The Bertz CT molecular complexity index is 1190. The molecule has 0 saturated heterocycles. The quantitative estimate of drug-likeness (QED) is 0.0756. The van der Waals surface area contributed by atoms with Crippen molar-refractivity contribution in [2.75, 3.05) is 79.3 Å². The van der Waals surface area contributed by atoms with E-state index in [1.807, 2.05) is 18.2 Å². The molecule has 0 heterocycles. The van der Waals surface area contributed by atoms with Crippen LogP contribution in [0.15, 0.2) is 68.3 Å². The summed E-state index contributed by atoms with van der Waals surface area (Å²) in [7, 11) is 0. The van der Waals surface area contributed by atoms with Crippen LogP contribution in [0.3, 0.4) is 0 Å². The Balaban J connectivity index is 1.93. The lowest BCUT2D eigenvalue weighted by Gasteiger charge is -2.15. The lowest BCUT2D eigenvalue weighted by atomic mass is 10.1. The van der Waals surface area contributed by atoms with Gasteiger partial charge in [-0.1, -0.05) is 19.7 Å². The molecule has 2 rings (SSSR count). The second-order valence-electron chi connectivity index (χ2n) is 8.27. The molecule has 0 aliphatic heterocycles. The van der Waals surface area contributed by atoms with Gasteiger partial charge in [0.15, 0.2) is 0 Å². The number of esters is 3. The van der Waals surface area contributed by atoms with E-state index >= 15 is 0 Å². The van der Waals surface area contributed by atoms with Crippen molar-refractivity contribution < 1.29 is 57.0 Å². The third-order valence-electron chi connectivity index (χ3n) is 5.29. The maximum atomic E-state index is 11.1. The van der Waals surface area contributed by atoms with Gasteiger partial charge in [0.1, 0.15) is 56.9 Å². The largest absolute Gasteiger partial charge is 0.491 e. The fraction of sp³-hybridized carbons (Fsp3) is 0.387. The molecule has 0 amide bonds. The molecule has 234 valence electrons. The number of rotatable bonds is 24. The van der Waals surface area contributed by atoms with Crippen LogP contribution in [0, 0.1) is 0 Å². The summed E-state index contributed by atoms with van der Waals surface area (Å²) < 4.78 is 48.7. The van der Waals surface area contributed by atoms with Crippen LogP contribution in [0.25, 0.3) is 10.8 Å². The summed E-state index contributed by atoms with van der Waals surface area (Å²) in [5.74, 6) is 0.290. The van der Waals surface area contributed by atoms with Gasteiger partial charge in [-0.3, -0.25) is 0 Å². The van der Waals surface area contributed by atoms with Gasteiger partial charge in [-0.05, 0) is 30.3 Å². The minimum Gasteiger partial charge on any atom is -0.491 e. The summed E-state index contributed by atoms with van der Waals surface area (Å²) in [6, 6.07) is 9.10. The Morgan fingerprint density at radius 2 is 0.884 bits per heavy atom. The Morgan fingerprint density at radius 3 is 1.33 bits per heavy atom. The summed E-state index contributed by atoms with van der Waals surface area (Å²) in [6.45, 7) is 12.7. The summed E-state index contributed by atoms with van der Waals surface area (Å²) in [5, 5.41) is 1.55. The van der Waals surface area contributed by atoms with Crippen molar-refractivity contribution >= 4 is 28.7 Å². The van der Waals surface area contributed by atoms with Crippen molar-refractivity contribution in [1.29, 1.82) is 0 Å². The second kappa shape index (κ2) is 21.3. The molecule has 0 radical (unpaired) electrons. The molecule has 2 aromatic rings. The topological polar surface area (TPSA) is 134 Å². The highest BCUT2D eigenvalue weighted by Crippen LogP contribution is 2.35. The lowest BCUT2D eigenvalue weighted by Crippen LogP contribution is -2.13. The monoisotopic (exact) mass is 602 g/mol. The van der Waals surface area contributed by atoms with E-state index in [1.165, 1.54) is 0 Å². The minimum atomic E-state index is -0.507. The van der Waals surface area contributed by atoms with E-state index in [-0.39, 0.29) is 66.1 Å². The third-order valence-corrected chi connectivity index (χ3v) is 5.29. The van der Waals surface area contributed by atoms with Crippen molar-refractivity contribution in [3.05, 3.63) is 68.3 Å². The molecule has 43 heavy (non-hydrogen) atoms. The highest BCUT2D eigenvalue weighted by atomic mass is 16.6. The zero-order valence-corrected chi connectivity index (χ0v) is 24.1. The first-order valence-electron chi connectivity index (χ1n) is 13.5. The molecular formula is C31H38O12. The first kappa shape index (κ1) is 34.8. The lowest BCUT2D eigenvalue weighted by molar-refractivity contribution is -0.140. The smallest absolute Gasteiger partial charge is 0.330 e. The number of carbonyl (C=O) groups excluding carboxylic acids is 3. The standard InChI is InChI=1S/C31H38O12/c1-4-29(32)41-20-14-35-11-17-38-24-7-8-25-26(23-24)28(40-19-13-37-16-22-43-31(34)6-3)10-9-27(25)39-18-12-36-15-21-42-30(33)5-2/h4-10,23H,1-3,11-22H2. The Labute approximate surface area is 250 Å². The maximum absolute atomic E-state index is 11.1. The van der Waals surface area contributed by atoms with Crippen LogP contribution < -0.4 is 14.2 Å². The average molecular weight is 603 g/mol. The van der Waals surface area contributed by atoms with Crippen LogP contribution in [0.5, 0.6) is 17.2 Å². The summed E-state index contributed by atoms with van der Waals surface area (Å²) in [6.07, 6.45) is 3.27.